The number of hydrogen-bond acceptors (Lipinski definition) is 5. The number of carbonyl (C=O) groups is 2. The highest BCUT2D eigenvalue weighted by atomic mass is 16.5. The summed E-state index contributed by atoms with van der Waals surface area (Å²) in [5, 5.41) is 9.28. The first kappa shape index (κ1) is 20.7. The molecule has 1 heterocycles. The number of piperidine rings is 1. The van der Waals surface area contributed by atoms with Gasteiger partial charge in [-0.2, -0.15) is 0 Å². The normalized spacial score (nSPS) is 18.6. The van der Waals surface area contributed by atoms with Crippen LogP contribution in [0.25, 0.3) is 0 Å². The molecule has 2 unspecified atom stereocenters. The SMILES string of the molecule is COc1cc(NC(=O)c2ccccc2)c(C(=O)NC2CCCNC2C)cc1OC. The highest BCUT2D eigenvalue weighted by Gasteiger charge is 2.25. The molecular weight excluding hydrogens is 370 g/mol. The van der Waals surface area contributed by atoms with E-state index in [0.717, 1.165) is 19.4 Å². The van der Waals surface area contributed by atoms with E-state index in [0.29, 0.717) is 28.3 Å². The molecule has 2 aromatic rings. The fourth-order valence-corrected chi connectivity index (χ4v) is 3.44. The molecule has 1 aliphatic heterocycles. The summed E-state index contributed by atoms with van der Waals surface area (Å²) in [5.41, 5.74) is 1.19. The van der Waals surface area contributed by atoms with E-state index in [1.165, 1.54) is 14.2 Å². The summed E-state index contributed by atoms with van der Waals surface area (Å²) >= 11 is 0. The molecule has 1 aliphatic rings. The minimum Gasteiger partial charge on any atom is -0.493 e. The van der Waals surface area contributed by atoms with Gasteiger partial charge in [0.2, 0.25) is 0 Å². The van der Waals surface area contributed by atoms with Gasteiger partial charge in [-0.1, -0.05) is 18.2 Å². The van der Waals surface area contributed by atoms with Gasteiger partial charge in [0.15, 0.2) is 11.5 Å². The van der Waals surface area contributed by atoms with Crippen molar-refractivity contribution in [1.29, 1.82) is 0 Å². The Morgan fingerprint density at radius 3 is 2.38 bits per heavy atom. The van der Waals surface area contributed by atoms with Crippen molar-refractivity contribution < 1.29 is 19.1 Å². The van der Waals surface area contributed by atoms with Crippen LogP contribution in [0.1, 0.15) is 40.5 Å². The molecule has 7 nitrogen and oxygen atoms in total. The Labute approximate surface area is 170 Å². The largest absolute Gasteiger partial charge is 0.493 e. The molecule has 2 aromatic carbocycles. The minimum atomic E-state index is -0.306. The lowest BCUT2D eigenvalue weighted by atomic mass is 9.99. The third kappa shape index (κ3) is 4.86. The number of anilines is 1. The van der Waals surface area contributed by atoms with Gasteiger partial charge in [-0.15, -0.1) is 0 Å². The molecule has 154 valence electrons. The highest BCUT2D eigenvalue weighted by molar-refractivity contribution is 6.09. The number of ether oxygens (including phenoxy) is 2. The standard InChI is InChI=1S/C22H27N3O4/c1-14-17(10-7-11-23-14)24-22(27)16-12-19(28-2)20(29-3)13-18(16)25-21(26)15-8-5-4-6-9-15/h4-6,8-9,12-14,17,23H,7,10-11H2,1-3H3,(H,24,27)(H,25,26). The van der Waals surface area contributed by atoms with E-state index in [-0.39, 0.29) is 23.9 Å². The van der Waals surface area contributed by atoms with Crippen LogP contribution in [-0.4, -0.2) is 44.7 Å². The lowest BCUT2D eigenvalue weighted by Crippen LogP contribution is -2.52. The van der Waals surface area contributed by atoms with Crippen LogP contribution in [0, 0.1) is 0 Å². The van der Waals surface area contributed by atoms with Crippen molar-refractivity contribution in [2.75, 3.05) is 26.1 Å². The second kappa shape index (κ2) is 9.43. The van der Waals surface area contributed by atoms with Crippen LogP contribution in [0.2, 0.25) is 0 Å². The van der Waals surface area contributed by atoms with Crippen LogP contribution in [0.15, 0.2) is 42.5 Å². The molecule has 0 aliphatic carbocycles. The molecule has 1 saturated heterocycles. The second-order valence-corrected chi connectivity index (χ2v) is 7.04. The number of hydrogen-bond donors (Lipinski definition) is 3. The smallest absolute Gasteiger partial charge is 0.255 e. The van der Waals surface area contributed by atoms with Crippen LogP contribution in [0.3, 0.4) is 0 Å². The number of methoxy groups -OCH3 is 2. The molecule has 1 fully saturated rings. The van der Waals surface area contributed by atoms with Gasteiger partial charge in [0.05, 0.1) is 25.5 Å². The van der Waals surface area contributed by atoms with E-state index in [9.17, 15) is 9.59 Å². The first-order valence-electron chi connectivity index (χ1n) is 9.70. The predicted molar refractivity (Wildman–Crippen MR) is 112 cm³/mol. The monoisotopic (exact) mass is 397 g/mol. The van der Waals surface area contributed by atoms with Gasteiger partial charge >= 0.3 is 0 Å². The zero-order valence-electron chi connectivity index (χ0n) is 17.0. The lowest BCUT2D eigenvalue weighted by Gasteiger charge is -2.31. The molecule has 0 bridgehead atoms. The van der Waals surface area contributed by atoms with Gasteiger partial charge in [-0.05, 0) is 44.5 Å². The fraction of sp³-hybridized carbons (Fsp3) is 0.364. The number of carbonyl (C=O) groups excluding carboxylic acids is 2. The molecule has 0 radical (unpaired) electrons. The quantitative estimate of drug-likeness (QED) is 0.698. The maximum atomic E-state index is 13.1. The summed E-state index contributed by atoms with van der Waals surface area (Å²) < 4.78 is 10.7. The topological polar surface area (TPSA) is 88.7 Å². The third-order valence-electron chi connectivity index (χ3n) is 5.13. The van der Waals surface area contributed by atoms with Gasteiger partial charge in [0.1, 0.15) is 0 Å². The minimum absolute atomic E-state index is 0.0158. The van der Waals surface area contributed by atoms with Crippen LogP contribution in [0.5, 0.6) is 11.5 Å². The predicted octanol–water partition coefficient (Wildman–Crippen LogP) is 2.83. The molecular formula is C22H27N3O4. The van der Waals surface area contributed by atoms with Gasteiger partial charge in [0, 0.05) is 23.7 Å². The molecule has 2 amide bonds. The van der Waals surface area contributed by atoms with Gasteiger partial charge in [-0.3, -0.25) is 9.59 Å². The first-order chi connectivity index (χ1) is 14.0. The van der Waals surface area contributed by atoms with Crippen molar-refractivity contribution in [2.24, 2.45) is 0 Å². The van der Waals surface area contributed by atoms with E-state index in [2.05, 4.69) is 22.9 Å². The molecule has 0 saturated carbocycles. The van der Waals surface area contributed by atoms with Gasteiger partial charge < -0.3 is 25.4 Å². The van der Waals surface area contributed by atoms with Crippen LogP contribution >= 0.6 is 0 Å². The van der Waals surface area contributed by atoms with E-state index >= 15 is 0 Å². The first-order valence-corrected chi connectivity index (χ1v) is 9.70. The van der Waals surface area contributed by atoms with Crippen molar-refractivity contribution in [1.82, 2.24) is 10.6 Å². The third-order valence-corrected chi connectivity index (χ3v) is 5.13. The molecule has 3 N–H and O–H groups in total. The van der Waals surface area contributed by atoms with Crippen LogP contribution in [0.4, 0.5) is 5.69 Å². The molecule has 29 heavy (non-hydrogen) atoms. The zero-order valence-corrected chi connectivity index (χ0v) is 17.0. The van der Waals surface area contributed by atoms with E-state index in [1.807, 2.05) is 6.07 Å². The maximum absolute atomic E-state index is 13.1. The highest BCUT2D eigenvalue weighted by Crippen LogP contribution is 2.34. The fourth-order valence-electron chi connectivity index (χ4n) is 3.44. The summed E-state index contributed by atoms with van der Waals surface area (Å²) in [5.74, 6) is 0.278. The number of rotatable bonds is 6. The Morgan fingerprint density at radius 2 is 1.72 bits per heavy atom. The molecule has 3 rings (SSSR count). The van der Waals surface area contributed by atoms with Crippen molar-refractivity contribution in [2.45, 2.75) is 31.8 Å². The number of nitrogens with one attached hydrogen (secondary N) is 3. The van der Waals surface area contributed by atoms with Crippen molar-refractivity contribution >= 4 is 17.5 Å². The van der Waals surface area contributed by atoms with Crippen molar-refractivity contribution in [3.63, 3.8) is 0 Å². The van der Waals surface area contributed by atoms with Crippen LogP contribution in [-0.2, 0) is 0 Å². The Kier molecular flexibility index (Phi) is 6.72. The Balaban J connectivity index is 1.91. The second-order valence-electron chi connectivity index (χ2n) is 7.04. The molecule has 2 atom stereocenters. The average molecular weight is 397 g/mol. The summed E-state index contributed by atoms with van der Waals surface area (Å²) in [6.45, 7) is 3.00. The van der Waals surface area contributed by atoms with Gasteiger partial charge in [-0.25, -0.2) is 0 Å². The van der Waals surface area contributed by atoms with Crippen molar-refractivity contribution in [3.8, 4) is 11.5 Å². The summed E-state index contributed by atoms with van der Waals surface area (Å²) in [6.07, 6.45) is 1.90. The summed E-state index contributed by atoms with van der Waals surface area (Å²) in [6, 6.07) is 12.2. The molecule has 0 spiro atoms. The van der Waals surface area contributed by atoms with E-state index in [4.69, 9.17) is 9.47 Å². The summed E-state index contributed by atoms with van der Waals surface area (Å²) in [4.78, 5) is 25.7. The molecule has 7 heteroatoms. The number of benzene rings is 2. The Hall–Kier alpha value is -3.06. The van der Waals surface area contributed by atoms with E-state index < -0.39 is 0 Å². The maximum Gasteiger partial charge on any atom is 0.255 e. The van der Waals surface area contributed by atoms with Crippen LogP contribution < -0.4 is 25.4 Å². The molecule has 0 aromatic heterocycles. The zero-order chi connectivity index (χ0) is 20.8. The Bertz CT molecular complexity index is 870. The lowest BCUT2D eigenvalue weighted by molar-refractivity contribution is 0.0920. The van der Waals surface area contributed by atoms with Gasteiger partial charge in [0.25, 0.3) is 11.8 Å². The van der Waals surface area contributed by atoms with Crippen molar-refractivity contribution in [3.05, 3.63) is 53.6 Å². The number of amides is 2. The summed E-state index contributed by atoms with van der Waals surface area (Å²) in [7, 11) is 3.02. The van der Waals surface area contributed by atoms with E-state index in [1.54, 1.807) is 36.4 Å². The average Bonchev–Trinajstić information content (AvgIpc) is 2.75. The Morgan fingerprint density at radius 1 is 1.03 bits per heavy atom.